The van der Waals surface area contributed by atoms with Gasteiger partial charge < -0.3 is 9.69 Å². The first kappa shape index (κ1) is 12.4. The predicted molar refractivity (Wildman–Crippen MR) is 64.3 cm³/mol. The van der Waals surface area contributed by atoms with Crippen molar-refractivity contribution in [3.05, 3.63) is 22.5 Å². The fraction of sp³-hybridized carbons (Fsp3) is 0.545. The summed E-state index contributed by atoms with van der Waals surface area (Å²) in [6, 6.07) is 0. The van der Waals surface area contributed by atoms with Gasteiger partial charge in [0.25, 0.3) is 0 Å². The summed E-state index contributed by atoms with van der Waals surface area (Å²) < 4.78 is 0. The summed E-state index contributed by atoms with van der Waals surface area (Å²) >= 11 is 0. The molecule has 2 heterocycles. The lowest BCUT2D eigenvalue weighted by Crippen LogP contribution is -2.34. The Balaban J connectivity index is 1.97. The van der Waals surface area contributed by atoms with E-state index in [0.717, 1.165) is 32.2 Å². The first-order chi connectivity index (χ1) is 8.70. The van der Waals surface area contributed by atoms with Crippen LogP contribution < -0.4 is 4.90 Å². The zero-order valence-electron chi connectivity index (χ0n) is 9.86. The molecule has 0 spiro atoms. The highest BCUT2D eigenvalue weighted by molar-refractivity contribution is 5.49. The van der Waals surface area contributed by atoms with Crippen molar-refractivity contribution in [2.24, 2.45) is 5.92 Å². The third-order valence-corrected chi connectivity index (χ3v) is 3.16. The Morgan fingerprint density at radius 1 is 1.39 bits per heavy atom. The van der Waals surface area contributed by atoms with Crippen molar-refractivity contribution in [2.45, 2.75) is 19.3 Å². The normalized spacial score (nSPS) is 16.6. The van der Waals surface area contributed by atoms with Crippen LogP contribution in [0.4, 0.5) is 11.6 Å². The topological polar surface area (TPSA) is 89.2 Å². The van der Waals surface area contributed by atoms with Gasteiger partial charge in [-0.2, -0.15) is 0 Å². The molecule has 7 heteroatoms. The van der Waals surface area contributed by atoms with Crippen LogP contribution in [0, 0.1) is 16.0 Å². The number of carbonyl (C=O) groups is 1. The van der Waals surface area contributed by atoms with E-state index in [0.29, 0.717) is 18.3 Å². The van der Waals surface area contributed by atoms with E-state index in [1.165, 1.54) is 12.4 Å². The van der Waals surface area contributed by atoms with Crippen LogP contribution in [0.25, 0.3) is 0 Å². The second-order valence-corrected chi connectivity index (χ2v) is 4.33. The lowest BCUT2D eigenvalue weighted by Gasteiger charge is -2.30. The second-order valence-electron chi connectivity index (χ2n) is 4.33. The Labute approximate surface area is 104 Å². The molecule has 0 N–H and O–H groups in total. The summed E-state index contributed by atoms with van der Waals surface area (Å²) in [7, 11) is 0. The Morgan fingerprint density at radius 2 is 2.00 bits per heavy atom. The van der Waals surface area contributed by atoms with Crippen molar-refractivity contribution in [2.75, 3.05) is 18.0 Å². The van der Waals surface area contributed by atoms with E-state index in [1.807, 2.05) is 4.90 Å². The van der Waals surface area contributed by atoms with E-state index in [-0.39, 0.29) is 5.69 Å². The number of nitro groups is 1. The number of hydrogen-bond donors (Lipinski definition) is 0. The van der Waals surface area contributed by atoms with E-state index < -0.39 is 4.92 Å². The van der Waals surface area contributed by atoms with Crippen molar-refractivity contribution in [3.8, 4) is 0 Å². The molecule has 1 aromatic rings. The minimum Gasteiger partial charge on any atom is -0.341 e. The van der Waals surface area contributed by atoms with E-state index in [9.17, 15) is 14.9 Å². The van der Waals surface area contributed by atoms with Crippen molar-refractivity contribution < 1.29 is 9.72 Å². The molecule has 18 heavy (non-hydrogen) atoms. The van der Waals surface area contributed by atoms with Crippen molar-refractivity contribution in [3.63, 3.8) is 0 Å². The summed E-state index contributed by atoms with van der Waals surface area (Å²) in [5.41, 5.74) is -0.102. The molecular weight excluding hydrogens is 236 g/mol. The van der Waals surface area contributed by atoms with Gasteiger partial charge in [-0.3, -0.25) is 10.1 Å². The number of rotatable bonds is 4. The standard InChI is InChI=1S/C11H14N4O3/c16-6-3-9-1-4-14(5-2-9)11-12-7-10(8-13-11)15(17)18/h6-9H,1-5H2. The van der Waals surface area contributed by atoms with Crippen LogP contribution in [0.5, 0.6) is 0 Å². The maximum Gasteiger partial charge on any atom is 0.305 e. The SMILES string of the molecule is O=CCC1CCN(c2ncc([N+](=O)[O-])cn2)CC1. The Kier molecular flexibility index (Phi) is 3.81. The number of hydrogen-bond acceptors (Lipinski definition) is 6. The van der Waals surface area contributed by atoms with Crippen LogP contribution in [0.3, 0.4) is 0 Å². The third kappa shape index (κ3) is 2.79. The van der Waals surface area contributed by atoms with Crippen LogP contribution in [-0.4, -0.2) is 34.3 Å². The summed E-state index contributed by atoms with van der Waals surface area (Å²) in [6.45, 7) is 1.58. The lowest BCUT2D eigenvalue weighted by atomic mass is 9.94. The smallest absolute Gasteiger partial charge is 0.305 e. The van der Waals surface area contributed by atoms with Gasteiger partial charge in [-0.25, -0.2) is 9.97 Å². The monoisotopic (exact) mass is 250 g/mol. The highest BCUT2D eigenvalue weighted by Crippen LogP contribution is 2.22. The van der Waals surface area contributed by atoms with Gasteiger partial charge >= 0.3 is 5.69 Å². The number of carbonyl (C=O) groups excluding carboxylic acids is 1. The molecule has 0 aromatic carbocycles. The summed E-state index contributed by atoms with van der Waals surface area (Å²) in [5.74, 6) is 0.960. The molecule has 0 aliphatic carbocycles. The van der Waals surface area contributed by atoms with E-state index in [1.54, 1.807) is 0 Å². The third-order valence-electron chi connectivity index (χ3n) is 3.16. The van der Waals surface area contributed by atoms with Gasteiger partial charge in [0.1, 0.15) is 18.7 Å². The fourth-order valence-corrected chi connectivity index (χ4v) is 2.08. The van der Waals surface area contributed by atoms with Gasteiger partial charge in [0.15, 0.2) is 0 Å². The molecule has 96 valence electrons. The minimum atomic E-state index is -0.514. The zero-order valence-corrected chi connectivity index (χ0v) is 9.86. The minimum absolute atomic E-state index is 0.102. The lowest BCUT2D eigenvalue weighted by molar-refractivity contribution is -0.385. The second kappa shape index (κ2) is 5.52. The maximum absolute atomic E-state index is 10.5. The van der Waals surface area contributed by atoms with Gasteiger partial charge in [-0.15, -0.1) is 0 Å². The molecule has 0 amide bonds. The van der Waals surface area contributed by atoms with Crippen LogP contribution in [-0.2, 0) is 4.79 Å². The number of nitrogens with zero attached hydrogens (tertiary/aromatic N) is 4. The van der Waals surface area contributed by atoms with Crippen LogP contribution in [0.1, 0.15) is 19.3 Å². The Morgan fingerprint density at radius 3 is 2.50 bits per heavy atom. The first-order valence-electron chi connectivity index (χ1n) is 5.85. The van der Waals surface area contributed by atoms with Gasteiger partial charge in [-0.1, -0.05) is 0 Å². The highest BCUT2D eigenvalue weighted by atomic mass is 16.6. The van der Waals surface area contributed by atoms with E-state index >= 15 is 0 Å². The van der Waals surface area contributed by atoms with Crippen molar-refractivity contribution in [1.82, 2.24) is 9.97 Å². The molecule has 1 aliphatic heterocycles. The first-order valence-corrected chi connectivity index (χ1v) is 5.85. The molecule has 0 unspecified atom stereocenters. The van der Waals surface area contributed by atoms with Crippen molar-refractivity contribution >= 4 is 17.9 Å². The molecule has 1 aromatic heterocycles. The van der Waals surface area contributed by atoms with Gasteiger partial charge in [0.2, 0.25) is 5.95 Å². The largest absolute Gasteiger partial charge is 0.341 e. The number of aldehydes is 1. The molecule has 7 nitrogen and oxygen atoms in total. The molecule has 0 radical (unpaired) electrons. The van der Waals surface area contributed by atoms with Crippen molar-refractivity contribution in [1.29, 1.82) is 0 Å². The molecule has 1 fully saturated rings. The average molecular weight is 250 g/mol. The predicted octanol–water partition coefficient (Wildman–Crippen LogP) is 1.19. The van der Waals surface area contributed by atoms with Crippen LogP contribution >= 0.6 is 0 Å². The Bertz CT molecular complexity index is 426. The molecule has 2 rings (SSSR count). The molecule has 1 saturated heterocycles. The van der Waals surface area contributed by atoms with Gasteiger partial charge in [-0.05, 0) is 18.8 Å². The molecule has 1 aliphatic rings. The molecule has 0 saturated carbocycles. The quantitative estimate of drug-likeness (QED) is 0.453. The Hall–Kier alpha value is -2.05. The molecule has 0 bridgehead atoms. The summed E-state index contributed by atoms with van der Waals surface area (Å²) in [5, 5.41) is 10.5. The summed E-state index contributed by atoms with van der Waals surface area (Å²) in [6.07, 6.45) is 5.87. The molecular formula is C11H14N4O3. The van der Waals surface area contributed by atoms with Crippen LogP contribution in [0.15, 0.2) is 12.4 Å². The number of anilines is 1. The maximum atomic E-state index is 10.5. The number of piperidine rings is 1. The van der Waals surface area contributed by atoms with E-state index in [2.05, 4.69) is 9.97 Å². The fourth-order valence-electron chi connectivity index (χ4n) is 2.08. The van der Waals surface area contributed by atoms with Gasteiger partial charge in [0, 0.05) is 19.5 Å². The highest BCUT2D eigenvalue weighted by Gasteiger charge is 2.21. The zero-order chi connectivity index (χ0) is 13.0. The average Bonchev–Trinajstić information content (AvgIpc) is 2.40. The van der Waals surface area contributed by atoms with Gasteiger partial charge in [0.05, 0.1) is 4.92 Å². The summed E-state index contributed by atoms with van der Waals surface area (Å²) in [4.78, 5) is 30.4. The number of aromatic nitrogens is 2. The van der Waals surface area contributed by atoms with Crippen LogP contribution in [0.2, 0.25) is 0 Å². The molecule has 0 atom stereocenters. The van der Waals surface area contributed by atoms with E-state index in [4.69, 9.17) is 0 Å².